The van der Waals surface area contributed by atoms with Crippen LogP contribution in [0.15, 0.2) is 48.7 Å². The second kappa shape index (κ2) is 5.26. The van der Waals surface area contributed by atoms with E-state index >= 15 is 0 Å². The van der Waals surface area contributed by atoms with Gasteiger partial charge in [0.1, 0.15) is 5.75 Å². The van der Waals surface area contributed by atoms with Gasteiger partial charge >= 0.3 is 0 Å². The van der Waals surface area contributed by atoms with Gasteiger partial charge in [-0.15, -0.1) is 0 Å². The van der Waals surface area contributed by atoms with Gasteiger partial charge in [0.2, 0.25) is 0 Å². The number of ether oxygens (including phenoxy) is 1. The number of ketones is 1. The maximum absolute atomic E-state index is 12.7. The summed E-state index contributed by atoms with van der Waals surface area (Å²) in [5.41, 5.74) is 2.21. The van der Waals surface area contributed by atoms with Gasteiger partial charge in [0, 0.05) is 40.3 Å². The maximum Gasteiger partial charge on any atom is 0.195 e. The number of rotatable bonds is 3. The summed E-state index contributed by atoms with van der Waals surface area (Å²) < 4.78 is 7.09. The Balaban J connectivity index is 2.13. The lowest BCUT2D eigenvalue weighted by Crippen LogP contribution is -2.00. The first-order valence-corrected chi connectivity index (χ1v) is 6.91. The molecule has 0 atom stereocenters. The number of benzene rings is 2. The molecule has 3 aromatic rings. The molecular weight excluding hydrogens is 286 g/mol. The molecule has 0 aliphatic carbocycles. The summed E-state index contributed by atoms with van der Waals surface area (Å²) in [5.74, 6) is 0.644. The van der Waals surface area contributed by atoms with Gasteiger partial charge in [-0.25, -0.2) is 0 Å². The Labute approximate surface area is 127 Å². The van der Waals surface area contributed by atoms with E-state index in [1.165, 1.54) is 0 Å². The van der Waals surface area contributed by atoms with E-state index in [1.54, 1.807) is 25.3 Å². The molecule has 3 rings (SSSR count). The average molecular weight is 300 g/mol. The molecule has 0 spiro atoms. The summed E-state index contributed by atoms with van der Waals surface area (Å²) in [7, 11) is 3.49. The van der Waals surface area contributed by atoms with Crippen molar-refractivity contribution in [2.24, 2.45) is 7.05 Å². The van der Waals surface area contributed by atoms with Crippen LogP contribution in [0.5, 0.6) is 5.75 Å². The van der Waals surface area contributed by atoms with Gasteiger partial charge in [-0.2, -0.15) is 0 Å². The van der Waals surface area contributed by atoms with Crippen LogP contribution in [0.3, 0.4) is 0 Å². The maximum atomic E-state index is 12.7. The van der Waals surface area contributed by atoms with Crippen LogP contribution in [0, 0.1) is 0 Å². The highest BCUT2D eigenvalue weighted by Gasteiger charge is 2.16. The highest BCUT2D eigenvalue weighted by Crippen LogP contribution is 2.26. The Morgan fingerprint density at radius 1 is 1.19 bits per heavy atom. The lowest BCUT2D eigenvalue weighted by molar-refractivity contribution is 0.104. The van der Waals surface area contributed by atoms with Gasteiger partial charge in [-0.1, -0.05) is 29.8 Å². The highest BCUT2D eigenvalue weighted by molar-refractivity contribution is 6.31. The van der Waals surface area contributed by atoms with E-state index in [2.05, 4.69) is 0 Å². The van der Waals surface area contributed by atoms with Crippen LogP contribution in [0.25, 0.3) is 10.9 Å². The molecule has 4 heteroatoms. The van der Waals surface area contributed by atoms with Gasteiger partial charge in [-0.3, -0.25) is 4.79 Å². The normalized spacial score (nSPS) is 10.8. The van der Waals surface area contributed by atoms with Crippen molar-refractivity contribution in [3.05, 3.63) is 64.8 Å². The number of hydrogen-bond donors (Lipinski definition) is 0. The number of carbonyl (C=O) groups is 1. The fourth-order valence-corrected chi connectivity index (χ4v) is 2.62. The van der Waals surface area contributed by atoms with Crippen molar-refractivity contribution >= 4 is 28.3 Å². The predicted octanol–water partition coefficient (Wildman–Crippen LogP) is 4.07. The Kier molecular flexibility index (Phi) is 3.43. The Morgan fingerprint density at radius 2 is 2.00 bits per heavy atom. The van der Waals surface area contributed by atoms with Crippen LogP contribution in [-0.2, 0) is 7.05 Å². The quantitative estimate of drug-likeness (QED) is 0.683. The van der Waals surface area contributed by atoms with Crippen LogP contribution in [-0.4, -0.2) is 17.5 Å². The zero-order chi connectivity index (χ0) is 15.0. The molecule has 1 heterocycles. The summed E-state index contributed by atoms with van der Waals surface area (Å²) in [6.45, 7) is 0. The molecule has 0 N–H and O–H groups in total. The van der Waals surface area contributed by atoms with Crippen LogP contribution in [0.4, 0.5) is 0 Å². The molecule has 0 amide bonds. The number of halogens is 1. The van der Waals surface area contributed by atoms with E-state index in [-0.39, 0.29) is 5.78 Å². The number of methoxy groups -OCH3 is 1. The highest BCUT2D eigenvalue weighted by atomic mass is 35.5. The van der Waals surface area contributed by atoms with E-state index in [1.807, 2.05) is 42.1 Å². The van der Waals surface area contributed by atoms with Crippen molar-refractivity contribution in [3.63, 3.8) is 0 Å². The largest absolute Gasteiger partial charge is 0.497 e. The zero-order valence-electron chi connectivity index (χ0n) is 11.8. The number of carbonyl (C=O) groups excluding carboxylic acids is 1. The monoisotopic (exact) mass is 299 g/mol. The van der Waals surface area contributed by atoms with Crippen LogP contribution < -0.4 is 4.74 Å². The molecule has 0 bridgehead atoms. The molecule has 0 aliphatic heterocycles. The van der Waals surface area contributed by atoms with E-state index in [9.17, 15) is 4.79 Å². The molecule has 2 aromatic carbocycles. The number of nitrogens with zero attached hydrogens (tertiary/aromatic N) is 1. The van der Waals surface area contributed by atoms with Crippen LogP contribution in [0.1, 0.15) is 15.9 Å². The van der Waals surface area contributed by atoms with E-state index in [0.717, 1.165) is 10.9 Å². The third-order valence-electron chi connectivity index (χ3n) is 3.53. The first kappa shape index (κ1) is 13.7. The third kappa shape index (κ3) is 2.41. The summed E-state index contributed by atoms with van der Waals surface area (Å²) in [6.07, 6.45) is 1.84. The number of hydrogen-bond acceptors (Lipinski definition) is 2. The molecule has 0 fully saturated rings. The molecule has 0 unspecified atom stereocenters. The third-order valence-corrected chi connectivity index (χ3v) is 3.76. The Morgan fingerprint density at radius 3 is 2.76 bits per heavy atom. The fraction of sp³-hybridized carbons (Fsp3) is 0.118. The van der Waals surface area contributed by atoms with Crippen molar-refractivity contribution in [2.45, 2.75) is 0 Å². The smallest absolute Gasteiger partial charge is 0.195 e. The number of aromatic nitrogens is 1. The summed E-state index contributed by atoms with van der Waals surface area (Å²) in [6, 6.07) is 12.7. The van der Waals surface area contributed by atoms with Gasteiger partial charge < -0.3 is 9.30 Å². The fourth-order valence-electron chi connectivity index (χ4n) is 2.46. The molecule has 0 radical (unpaired) electrons. The van der Waals surface area contributed by atoms with Gasteiger partial charge in [-0.05, 0) is 24.3 Å². The molecule has 0 saturated heterocycles. The van der Waals surface area contributed by atoms with Gasteiger partial charge in [0.15, 0.2) is 5.78 Å². The van der Waals surface area contributed by atoms with Crippen molar-refractivity contribution in [1.82, 2.24) is 4.57 Å². The zero-order valence-corrected chi connectivity index (χ0v) is 12.5. The second-order valence-electron chi connectivity index (χ2n) is 4.88. The topological polar surface area (TPSA) is 31.2 Å². The van der Waals surface area contributed by atoms with Crippen molar-refractivity contribution in [3.8, 4) is 5.75 Å². The molecule has 106 valence electrons. The minimum atomic E-state index is -0.0261. The van der Waals surface area contributed by atoms with E-state index < -0.39 is 0 Å². The summed E-state index contributed by atoms with van der Waals surface area (Å²) in [4.78, 5) is 12.7. The van der Waals surface area contributed by atoms with Gasteiger partial charge in [0.05, 0.1) is 7.11 Å². The van der Waals surface area contributed by atoms with Gasteiger partial charge in [0.25, 0.3) is 0 Å². The molecular formula is C17H14ClNO2. The minimum Gasteiger partial charge on any atom is -0.497 e. The Hall–Kier alpha value is -2.26. The van der Waals surface area contributed by atoms with E-state index in [4.69, 9.17) is 16.3 Å². The minimum absolute atomic E-state index is 0.0261. The SMILES string of the molecule is COc1cccc(C(=O)c2cn(C)c3cc(Cl)ccc23)c1. The average Bonchev–Trinajstić information content (AvgIpc) is 2.83. The van der Waals surface area contributed by atoms with Crippen molar-refractivity contribution < 1.29 is 9.53 Å². The Bertz CT molecular complexity index is 836. The summed E-state index contributed by atoms with van der Waals surface area (Å²) in [5, 5.41) is 1.55. The molecule has 0 saturated carbocycles. The van der Waals surface area contributed by atoms with Crippen LogP contribution in [0.2, 0.25) is 5.02 Å². The second-order valence-corrected chi connectivity index (χ2v) is 5.31. The lowest BCUT2D eigenvalue weighted by atomic mass is 10.0. The first-order chi connectivity index (χ1) is 10.1. The lowest BCUT2D eigenvalue weighted by Gasteiger charge is -2.03. The van der Waals surface area contributed by atoms with Crippen molar-refractivity contribution in [1.29, 1.82) is 0 Å². The first-order valence-electron chi connectivity index (χ1n) is 6.53. The summed E-state index contributed by atoms with van der Waals surface area (Å²) >= 11 is 6.02. The number of aryl methyl sites for hydroxylation is 1. The molecule has 3 nitrogen and oxygen atoms in total. The molecule has 1 aromatic heterocycles. The molecule has 21 heavy (non-hydrogen) atoms. The number of fused-ring (bicyclic) bond motifs is 1. The van der Waals surface area contributed by atoms with Crippen molar-refractivity contribution in [2.75, 3.05) is 7.11 Å². The standard InChI is InChI=1S/C17H14ClNO2/c1-19-10-15(14-7-6-12(18)9-16(14)19)17(20)11-4-3-5-13(8-11)21-2/h3-10H,1-2H3. The van der Waals surface area contributed by atoms with Crippen LogP contribution >= 0.6 is 11.6 Å². The molecule has 0 aliphatic rings. The predicted molar refractivity (Wildman–Crippen MR) is 84.4 cm³/mol. The van der Waals surface area contributed by atoms with E-state index in [0.29, 0.717) is 21.9 Å².